The first-order valence-electron chi connectivity index (χ1n) is 4.46. The number of rotatable bonds is 2. The van der Waals surface area contributed by atoms with Gasteiger partial charge in [0.2, 0.25) is 0 Å². The zero-order valence-corrected chi connectivity index (χ0v) is 7.47. The number of hydrogen-bond donors (Lipinski definition) is 0. The van der Waals surface area contributed by atoms with Crippen molar-refractivity contribution in [2.45, 2.75) is 44.6 Å². The Kier molecular flexibility index (Phi) is 3.09. The molecule has 0 aromatic rings. The second-order valence-electron chi connectivity index (χ2n) is 3.63. The van der Waals surface area contributed by atoms with Crippen molar-refractivity contribution >= 4 is 5.97 Å². The van der Waals surface area contributed by atoms with Crippen LogP contribution in [-0.2, 0) is 14.6 Å². The van der Waals surface area contributed by atoms with Crippen LogP contribution in [0.4, 0.5) is 0 Å². The van der Waals surface area contributed by atoms with Crippen molar-refractivity contribution in [1.29, 1.82) is 0 Å². The second kappa shape index (κ2) is 3.90. The SMILES string of the molecule is CC1(OC(=O)C[O])CCCCC1. The molecule has 1 saturated carbocycles. The van der Waals surface area contributed by atoms with Crippen molar-refractivity contribution in [3.8, 4) is 0 Å². The summed E-state index contributed by atoms with van der Waals surface area (Å²) >= 11 is 0. The van der Waals surface area contributed by atoms with Crippen LogP contribution in [0.5, 0.6) is 0 Å². The number of carbonyl (C=O) groups excluding carboxylic acids is 1. The summed E-state index contributed by atoms with van der Waals surface area (Å²) < 4.78 is 5.08. The first-order valence-corrected chi connectivity index (χ1v) is 4.46. The van der Waals surface area contributed by atoms with E-state index in [1.807, 2.05) is 6.92 Å². The third-order valence-electron chi connectivity index (χ3n) is 2.39. The highest BCUT2D eigenvalue weighted by Gasteiger charge is 2.30. The quantitative estimate of drug-likeness (QED) is 0.593. The van der Waals surface area contributed by atoms with Crippen molar-refractivity contribution in [3.05, 3.63) is 0 Å². The third-order valence-corrected chi connectivity index (χ3v) is 2.39. The summed E-state index contributed by atoms with van der Waals surface area (Å²) in [7, 11) is 0. The van der Waals surface area contributed by atoms with E-state index < -0.39 is 12.6 Å². The molecule has 0 bridgehead atoms. The van der Waals surface area contributed by atoms with Crippen LogP contribution in [0.25, 0.3) is 0 Å². The summed E-state index contributed by atoms with van der Waals surface area (Å²) in [5, 5.41) is 10.2. The molecule has 0 aliphatic heterocycles. The monoisotopic (exact) mass is 171 g/mol. The average molecular weight is 171 g/mol. The lowest BCUT2D eigenvalue weighted by Crippen LogP contribution is -2.34. The molecule has 12 heavy (non-hydrogen) atoms. The Labute approximate surface area is 72.7 Å². The van der Waals surface area contributed by atoms with E-state index in [0.29, 0.717) is 0 Å². The number of carbonyl (C=O) groups is 1. The van der Waals surface area contributed by atoms with Crippen LogP contribution in [-0.4, -0.2) is 18.2 Å². The summed E-state index contributed by atoms with van der Waals surface area (Å²) in [5.74, 6) is -0.612. The largest absolute Gasteiger partial charge is 0.458 e. The van der Waals surface area contributed by atoms with Gasteiger partial charge in [-0.2, -0.15) is 0 Å². The highest BCUT2D eigenvalue weighted by Crippen LogP contribution is 2.30. The Morgan fingerprint density at radius 1 is 1.33 bits per heavy atom. The minimum atomic E-state index is -0.754. The molecule has 0 saturated heterocycles. The summed E-state index contributed by atoms with van der Waals surface area (Å²) in [6, 6.07) is 0. The maximum atomic E-state index is 10.8. The smallest absolute Gasteiger partial charge is 0.336 e. The predicted molar refractivity (Wildman–Crippen MR) is 43.1 cm³/mol. The normalized spacial score (nSPS) is 21.8. The first-order chi connectivity index (χ1) is 5.66. The highest BCUT2D eigenvalue weighted by atomic mass is 16.6. The predicted octanol–water partition coefficient (Wildman–Crippen LogP) is 1.68. The third kappa shape index (κ3) is 2.48. The summed E-state index contributed by atoms with van der Waals surface area (Å²) in [6.07, 6.45) is 5.22. The standard InChI is InChI=1S/C9H15O3/c1-9(12-8(11)7-10)5-3-2-4-6-9/h2-7H2,1H3. The summed E-state index contributed by atoms with van der Waals surface area (Å²) in [5.41, 5.74) is -0.347. The fraction of sp³-hybridized carbons (Fsp3) is 0.889. The van der Waals surface area contributed by atoms with Crippen LogP contribution in [0.2, 0.25) is 0 Å². The Morgan fingerprint density at radius 2 is 1.92 bits per heavy atom. The van der Waals surface area contributed by atoms with Gasteiger partial charge in [-0.15, -0.1) is 0 Å². The van der Waals surface area contributed by atoms with Crippen LogP contribution in [0.1, 0.15) is 39.0 Å². The van der Waals surface area contributed by atoms with Crippen LogP contribution >= 0.6 is 0 Å². The maximum absolute atomic E-state index is 10.8. The average Bonchev–Trinajstić information content (AvgIpc) is 2.05. The molecule has 1 aliphatic rings. The van der Waals surface area contributed by atoms with Crippen molar-refractivity contribution in [1.82, 2.24) is 0 Å². The van der Waals surface area contributed by atoms with Gasteiger partial charge in [0.25, 0.3) is 0 Å². The molecule has 1 fully saturated rings. The molecule has 0 atom stereocenters. The van der Waals surface area contributed by atoms with Gasteiger partial charge in [-0.1, -0.05) is 6.42 Å². The molecule has 0 N–H and O–H groups in total. The summed E-state index contributed by atoms with van der Waals surface area (Å²) in [4.78, 5) is 10.8. The van der Waals surface area contributed by atoms with E-state index >= 15 is 0 Å². The molecule has 0 aromatic heterocycles. The van der Waals surface area contributed by atoms with Gasteiger partial charge in [0, 0.05) is 0 Å². The van der Waals surface area contributed by atoms with Gasteiger partial charge >= 0.3 is 5.97 Å². The van der Waals surface area contributed by atoms with Crippen molar-refractivity contribution in [3.63, 3.8) is 0 Å². The molecule has 0 amide bonds. The van der Waals surface area contributed by atoms with Crippen molar-refractivity contribution < 1.29 is 14.6 Å². The van der Waals surface area contributed by atoms with Gasteiger partial charge in [0.15, 0.2) is 6.61 Å². The molecule has 1 rings (SSSR count). The highest BCUT2D eigenvalue weighted by molar-refractivity contribution is 5.70. The fourth-order valence-corrected chi connectivity index (χ4v) is 1.71. The van der Waals surface area contributed by atoms with Gasteiger partial charge in [-0.25, -0.2) is 9.90 Å². The van der Waals surface area contributed by atoms with E-state index in [4.69, 9.17) is 4.74 Å². The lowest BCUT2D eigenvalue weighted by Gasteiger charge is -2.32. The Hall–Kier alpha value is -0.570. The zero-order valence-electron chi connectivity index (χ0n) is 7.47. The van der Waals surface area contributed by atoms with Gasteiger partial charge in [-0.05, 0) is 32.6 Å². The van der Waals surface area contributed by atoms with Crippen LogP contribution in [0, 0.1) is 0 Å². The molecule has 0 spiro atoms. The van der Waals surface area contributed by atoms with E-state index in [0.717, 1.165) is 25.7 Å². The number of hydrogen-bond acceptors (Lipinski definition) is 2. The van der Waals surface area contributed by atoms with Gasteiger partial charge < -0.3 is 4.74 Å². The Morgan fingerprint density at radius 3 is 2.42 bits per heavy atom. The molecule has 0 unspecified atom stereocenters. The van der Waals surface area contributed by atoms with E-state index in [9.17, 15) is 9.90 Å². The molecular formula is C9H15O3. The van der Waals surface area contributed by atoms with Crippen LogP contribution in [0.3, 0.4) is 0 Å². The van der Waals surface area contributed by atoms with E-state index in [-0.39, 0.29) is 5.60 Å². The van der Waals surface area contributed by atoms with Crippen molar-refractivity contribution in [2.24, 2.45) is 0 Å². The van der Waals surface area contributed by atoms with E-state index in [1.54, 1.807) is 0 Å². The van der Waals surface area contributed by atoms with Gasteiger partial charge in [0.1, 0.15) is 5.60 Å². The lowest BCUT2D eigenvalue weighted by atomic mass is 9.86. The van der Waals surface area contributed by atoms with Gasteiger partial charge in [0.05, 0.1) is 0 Å². The van der Waals surface area contributed by atoms with Gasteiger partial charge in [-0.3, -0.25) is 0 Å². The van der Waals surface area contributed by atoms with E-state index in [1.165, 1.54) is 6.42 Å². The number of ether oxygens (including phenoxy) is 1. The lowest BCUT2D eigenvalue weighted by molar-refractivity contribution is -0.166. The molecule has 0 aromatic carbocycles. The van der Waals surface area contributed by atoms with E-state index in [2.05, 4.69) is 0 Å². The minimum absolute atomic E-state index is 0.347. The molecule has 1 radical (unpaired) electrons. The van der Waals surface area contributed by atoms with Crippen LogP contribution < -0.4 is 0 Å². The molecule has 1 aliphatic carbocycles. The topological polar surface area (TPSA) is 46.2 Å². The molecule has 3 nitrogen and oxygen atoms in total. The Bertz CT molecular complexity index is 159. The van der Waals surface area contributed by atoms with Crippen molar-refractivity contribution in [2.75, 3.05) is 6.61 Å². The second-order valence-corrected chi connectivity index (χ2v) is 3.63. The molecule has 0 heterocycles. The fourth-order valence-electron chi connectivity index (χ4n) is 1.71. The molecular weight excluding hydrogens is 156 g/mol. The minimum Gasteiger partial charge on any atom is -0.458 e. The molecule has 69 valence electrons. The number of esters is 1. The summed E-state index contributed by atoms with van der Waals surface area (Å²) in [6.45, 7) is 1.16. The van der Waals surface area contributed by atoms with Crippen LogP contribution in [0.15, 0.2) is 0 Å². The first kappa shape index (κ1) is 9.52. The Balaban J connectivity index is 2.41. The molecule has 3 heteroatoms. The maximum Gasteiger partial charge on any atom is 0.336 e. The zero-order chi connectivity index (χ0) is 9.03.